The second-order valence-corrected chi connectivity index (χ2v) is 8.53. The van der Waals surface area contributed by atoms with Gasteiger partial charge in [-0.25, -0.2) is 0 Å². The van der Waals surface area contributed by atoms with E-state index in [4.69, 9.17) is 5.26 Å². The van der Waals surface area contributed by atoms with Crippen molar-refractivity contribution < 1.29 is 18.0 Å². The number of nitrogens with zero attached hydrogens (tertiary/aromatic N) is 3. The summed E-state index contributed by atoms with van der Waals surface area (Å²) in [5.74, 6) is 0.183. The third-order valence-electron chi connectivity index (χ3n) is 5.16. The van der Waals surface area contributed by atoms with Crippen molar-refractivity contribution in [3.05, 3.63) is 88.7 Å². The first-order valence-corrected chi connectivity index (χ1v) is 11.1. The van der Waals surface area contributed by atoms with Crippen LogP contribution in [-0.2, 0) is 6.18 Å². The number of aromatic nitrogens is 1. The average Bonchev–Trinajstić information content (AvgIpc) is 3.29. The number of carbonyl (C=O) groups excluding carboxylic acids is 1. The Hall–Kier alpha value is -3.84. The van der Waals surface area contributed by atoms with Gasteiger partial charge in [-0.3, -0.25) is 14.8 Å². The van der Waals surface area contributed by atoms with Crippen molar-refractivity contribution in [2.24, 2.45) is 4.99 Å². The lowest BCUT2D eigenvalue weighted by Gasteiger charge is -2.13. The third kappa shape index (κ3) is 5.21. The van der Waals surface area contributed by atoms with Gasteiger partial charge in [-0.15, -0.1) is 0 Å². The van der Waals surface area contributed by atoms with Gasteiger partial charge < -0.3 is 10.6 Å². The molecular weight excluding hydrogens is 463 g/mol. The molecule has 0 bridgehead atoms. The van der Waals surface area contributed by atoms with Crippen molar-refractivity contribution in [2.45, 2.75) is 19.1 Å². The topological polar surface area (TPSA) is 90.2 Å². The summed E-state index contributed by atoms with van der Waals surface area (Å²) in [4.78, 5) is 21.5. The molecule has 0 fully saturated rings. The summed E-state index contributed by atoms with van der Waals surface area (Å²) in [6, 6.07) is 13.3. The van der Waals surface area contributed by atoms with Crippen LogP contribution in [0.1, 0.15) is 38.7 Å². The number of nitrogens with one attached hydrogen (secondary N) is 2. The monoisotopic (exact) mass is 481 g/mol. The molecule has 1 aliphatic heterocycles. The van der Waals surface area contributed by atoms with E-state index in [9.17, 15) is 18.0 Å². The fourth-order valence-corrected chi connectivity index (χ4v) is 4.32. The molecule has 3 aromatic rings. The number of anilines is 2. The molecule has 0 saturated carbocycles. The summed E-state index contributed by atoms with van der Waals surface area (Å²) in [7, 11) is 0. The summed E-state index contributed by atoms with van der Waals surface area (Å²) >= 11 is 1.55. The van der Waals surface area contributed by atoms with Crippen LogP contribution < -0.4 is 10.6 Å². The number of amidine groups is 1. The number of benzene rings is 2. The molecule has 0 radical (unpaired) electrons. The van der Waals surface area contributed by atoms with Crippen LogP contribution in [0, 0.1) is 18.3 Å². The van der Waals surface area contributed by atoms with Gasteiger partial charge in [-0.2, -0.15) is 18.4 Å². The number of halogens is 3. The molecule has 1 aromatic heterocycles. The van der Waals surface area contributed by atoms with Gasteiger partial charge in [0.25, 0.3) is 5.91 Å². The van der Waals surface area contributed by atoms with E-state index in [-0.39, 0.29) is 17.3 Å². The number of pyridine rings is 1. The van der Waals surface area contributed by atoms with Gasteiger partial charge in [0, 0.05) is 35.1 Å². The molecule has 172 valence electrons. The van der Waals surface area contributed by atoms with Gasteiger partial charge in [0.1, 0.15) is 0 Å². The van der Waals surface area contributed by atoms with E-state index in [1.165, 1.54) is 12.1 Å². The highest BCUT2D eigenvalue weighted by atomic mass is 32.2. The average molecular weight is 482 g/mol. The Morgan fingerprint density at radius 1 is 1.21 bits per heavy atom. The third-order valence-corrected chi connectivity index (χ3v) is 6.13. The highest BCUT2D eigenvalue weighted by Crippen LogP contribution is 2.34. The lowest BCUT2D eigenvalue weighted by Crippen LogP contribution is -2.15. The smallest absolute Gasteiger partial charge is 0.335 e. The van der Waals surface area contributed by atoms with E-state index < -0.39 is 23.2 Å². The predicted molar refractivity (Wildman–Crippen MR) is 126 cm³/mol. The van der Waals surface area contributed by atoms with Crippen molar-refractivity contribution in [1.29, 1.82) is 5.26 Å². The molecule has 0 aliphatic carbocycles. The van der Waals surface area contributed by atoms with Gasteiger partial charge in [0.15, 0.2) is 5.17 Å². The van der Waals surface area contributed by atoms with Crippen molar-refractivity contribution in [1.82, 2.24) is 4.98 Å². The Morgan fingerprint density at radius 2 is 2.03 bits per heavy atom. The van der Waals surface area contributed by atoms with Crippen molar-refractivity contribution in [2.75, 3.05) is 16.4 Å². The van der Waals surface area contributed by atoms with Gasteiger partial charge in [0.2, 0.25) is 0 Å². The molecule has 6 nitrogen and oxygen atoms in total. The van der Waals surface area contributed by atoms with Crippen LogP contribution in [0.25, 0.3) is 0 Å². The number of amides is 1. The molecular formula is C24H18F3N5OS. The molecule has 1 aliphatic rings. The zero-order valence-corrected chi connectivity index (χ0v) is 18.7. The zero-order chi connectivity index (χ0) is 24.3. The number of aliphatic imine (C=N–C) groups is 1. The number of hydrogen-bond donors (Lipinski definition) is 2. The van der Waals surface area contributed by atoms with Crippen LogP contribution in [0.5, 0.6) is 0 Å². The Labute approximate surface area is 197 Å². The fourth-order valence-electron chi connectivity index (χ4n) is 3.36. The number of rotatable bonds is 4. The summed E-state index contributed by atoms with van der Waals surface area (Å²) < 4.78 is 39.6. The highest BCUT2D eigenvalue weighted by Gasteiger charge is 2.34. The van der Waals surface area contributed by atoms with Crippen LogP contribution in [0.3, 0.4) is 0 Å². The van der Waals surface area contributed by atoms with Crippen molar-refractivity contribution in [3.8, 4) is 6.07 Å². The van der Waals surface area contributed by atoms with E-state index in [2.05, 4.69) is 20.6 Å². The molecule has 10 heteroatoms. The normalized spacial score (nSPS) is 15.4. The van der Waals surface area contributed by atoms with E-state index in [1.54, 1.807) is 42.4 Å². The number of hydrogen-bond acceptors (Lipinski definition) is 6. The number of carbonyl (C=O) groups is 1. The Bertz CT molecular complexity index is 1300. The highest BCUT2D eigenvalue weighted by molar-refractivity contribution is 8.14. The molecule has 2 N–H and O–H groups in total. The molecule has 34 heavy (non-hydrogen) atoms. The quantitative estimate of drug-likeness (QED) is 0.492. The molecule has 1 amide bonds. The first-order valence-electron chi connectivity index (χ1n) is 10.2. The summed E-state index contributed by atoms with van der Waals surface area (Å²) in [5.41, 5.74) is 1.16. The minimum atomic E-state index is -4.71. The lowest BCUT2D eigenvalue weighted by molar-refractivity contribution is -0.137. The Kier molecular flexibility index (Phi) is 6.56. The minimum absolute atomic E-state index is 0.0211. The Balaban J connectivity index is 1.51. The van der Waals surface area contributed by atoms with Crippen LogP contribution in [-0.4, -0.2) is 21.8 Å². The standard InChI is InChI=1S/C24H18F3N5OS/c1-14-4-5-15(22(33)30-18-7-6-16(11-28)19(10-18)24(25,26)27)9-20(14)31-23-32-21(13-34-23)17-3-2-8-29-12-17/h2-10,12,21H,13H2,1H3,(H,30,33)(H,31,32). The van der Waals surface area contributed by atoms with Gasteiger partial charge in [-0.05, 0) is 54.4 Å². The maximum absolute atomic E-state index is 13.2. The first kappa shape index (κ1) is 23.3. The predicted octanol–water partition coefficient (Wildman–Crippen LogP) is 5.79. The van der Waals surface area contributed by atoms with E-state index in [1.807, 2.05) is 19.1 Å². The maximum Gasteiger partial charge on any atom is 0.417 e. The van der Waals surface area contributed by atoms with Crippen LogP contribution in [0.4, 0.5) is 24.5 Å². The summed E-state index contributed by atoms with van der Waals surface area (Å²) in [6.07, 6.45) is -1.22. The number of thioether (sulfide) groups is 1. The van der Waals surface area contributed by atoms with Crippen LogP contribution in [0.15, 0.2) is 65.9 Å². The van der Waals surface area contributed by atoms with Crippen LogP contribution >= 0.6 is 11.8 Å². The van der Waals surface area contributed by atoms with E-state index >= 15 is 0 Å². The van der Waals surface area contributed by atoms with Gasteiger partial charge in [-0.1, -0.05) is 23.9 Å². The van der Waals surface area contributed by atoms with Crippen molar-refractivity contribution >= 4 is 34.2 Å². The molecule has 2 aromatic carbocycles. The van der Waals surface area contributed by atoms with Gasteiger partial charge in [0.05, 0.1) is 23.2 Å². The second kappa shape index (κ2) is 9.57. The number of nitriles is 1. The number of alkyl halides is 3. The van der Waals surface area contributed by atoms with E-state index in [0.717, 1.165) is 29.0 Å². The summed E-state index contributed by atoms with van der Waals surface area (Å²) in [6.45, 7) is 1.87. The minimum Gasteiger partial charge on any atom is -0.335 e. The van der Waals surface area contributed by atoms with Crippen molar-refractivity contribution in [3.63, 3.8) is 0 Å². The molecule has 1 unspecified atom stereocenters. The SMILES string of the molecule is Cc1ccc(C(=O)Nc2ccc(C#N)c(C(F)(F)F)c2)cc1NC1=NC(c2cccnc2)CS1. The lowest BCUT2D eigenvalue weighted by atomic mass is 10.1. The molecule has 2 heterocycles. The molecule has 1 atom stereocenters. The Morgan fingerprint density at radius 3 is 2.74 bits per heavy atom. The summed E-state index contributed by atoms with van der Waals surface area (Å²) in [5, 5.41) is 15.3. The molecule has 0 spiro atoms. The largest absolute Gasteiger partial charge is 0.417 e. The van der Waals surface area contributed by atoms with Gasteiger partial charge >= 0.3 is 6.18 Å². The molecule has 4 rings (SSSR count). The fraction of sp³-hybridized carbons (Fsp3) is 0.167. The maximum atomic E-state index is 13.2. The van der Waals surface area contributed by atoms with E-state index in [0.29, 0.717) is 10.9 Å². The number of aryl methyl sites for hydroxylation is 1. The molecule has 0 saturated heterocycles. The van der Waals surface area contributed by atoms with Crippen LogP contribution in [0.2, 0.25) is 0 Å². The second-order valence-electron chi connectivity index (χ2n) is 7.53. The zero-order valence-electron chi connectivity index (χ0n) is 17.8. The first-order chi connectivity index (χ1) is 16.2.